The summed E-state index contributed by atoms with van der Waals surface area (Å²) in [6.45, 7) is 2.41. The number of amides is 2. The molecule has 1 aromatic heterocycles. The predicted octanol–water partition coefficient (Wildman–Crippen LogP) is 4.41. The fourth-order valence-corrected chi connectivity index (χ4v) is 5.73. The summed E-state index contributed by atoms with van der Waals surface area (Å²) >= 11 is 12.8. The van der Waals surface area contributed by atoms with E-state index in [4.69, 9.17) is 28.9 Å². The molecule has 2 saturated heterocycles. The van der Waals surface area contributed by atoms with Gasteiger partial charge in [-0.1, -0.05) is 35.3 Å². The Kier molecular flexibility index (Phi) is 8.88. The molecule has 7 nitrogen and oxygen atoms in total. The van der Waals surface area contributed by atoms with Gasteiger partial charge >= 0.3 is 12.4 Å². The maximum absolute atomic E-state index is 13.7. The van der Waals surface area contributed by atoms with Crippen molar-refractivity contribution in [3.63, 3.8) is 0 Å². The van der Waals surface area contributed by atoms with Crippen LogP contribution in [0.25, 0.3) is 0 Å². The molecule has 0 spiro atoms. The Hall–Kier alpha value is -2.61. The van der Waals surface area contributed by atoms with Gasteiger partial charge in [-0.25, -0.2) is 0 Å². The molecule has 2 aliphatic rings. The monoisotopic (exact) mass is 611 g/mol. The number of alkyl halides is 6. The second-order valence-corrected chi connectivity index (χ2v) is 10.5. The van der Waals surface area contributed by atoms with E-state index >= 15 is 0 Å². The topological polar surface area (TPSA) is 82.8 Å². The number of benzene rings is 1. The molecular formula is C25H25Cl2F6N5O2. The molecule has 0 saturated carbocycles. The van der Waals surface area contributed by atoms with Crippen LogP contribution in [0.5, 0.6) is 0 Å². The first kappa shape index (κ1) is 30.4. The van der Waals surface area contributed by atoms with Gasteiger partial charge in [0.2, 0.25) is 11.8 Å². The van der Waals surface area contributed by atoms with Crippen LogP contribution in [0.1, 0.15) is 34.8 Å². The number of rotatable bonds is 6. The highest BCUT2D eigenvalue weighted by atomic mass is 35.5. The zero-order valence-electron chi connectivity index (χ0n) is 20.9. The lowest BCUT2D eigenvalue weighted by atomic mass is 9.97. The Morgan fingerprint density at radius 3 is 2.27 bits per heavy atom. The second kappa shape index (κ2) is 11.7. The van der Waals surface area contributed by atoms with Crippen LogP contribution in [0.15, 0.2) is 30.5 Å². The van der Waals surface area contributed by atoms with Gasteiger partial charge in [0.15, 0.2) is 0 Å². The average molecular weight is 612 g/mol. The van der Waals surface area contributed by atoms with Crippen molar-refractivity contribution in [3.8, 4) is 0 Å². The molecule has 3 heterocycles. The van der Waals surface area contributed by atoms with Gasteiger partial charge in [0, 0.05) is 45.0 Å². The fraction of sp³-hybridized carbons (Fsp3) is 0.480. The molecule has 2 amide bonds. The molecular weight excluding hydrogens is 587 g/mol. The normalized spacial score (nSPS) is 21.1. The number of likely N-dealkylation sites (tertiary alicyclic amines) is 1. The van der Waals surface area contributed by atoms with Crippen molar-refractivity contribution < 1.29 is 35.9 Å². The molecule has 1 aromatic carbocycles. The van der Waals surface area contributed by atoms with Crippen LogP contribution in [-0.4, -0.2) is 76.8 Å². The molecule has 2 aromatic rings. The third kappa shape index (κ3) is 6.64. The first-order valence-corrected chi connectivity index (χ1v) is 13.0. The van der Waals surface area contributed by atoms with Crippen LogP contribution in [-0.2, 0) is 28.4 Å². The zero-order chi connectivity index (χ0) is 29.4. The number of halogens is 8. The highest BCUT2D eigenvalue weighted by Crippen LogP contribution is 2.42. The number of aromatic nitrogens is 1. The van der Waals surface area contributed by atoms with Crippen LogP contribution in [0.4, 0.5) is 26.3 Å². The zero-order valence-corrected chi connectivity index (χ0v) is 22.4. The molecule has 15 heteroatoms. The first-order valence-electron chi connectivity index (χ1n) is 12.3. The molecule has 40 heavy (non-hydrogen) atoms. The lowest BCUT2D eigenvalue weighted by Gasteiger charge is -2.41. The average Bonchev–Trinajstić information content (AvgIpc) is 3.30. The van der Waals surface area contributed by atoms with E-state index in [-0.39, 0.29) is 35.2 Å². The lowest BCUT2D eigenvalue weighted by molar-refractivity contribution is -0.144. The second-order valence-electron chi connectivity index (χ2n) is 9.70. The van der Waals surface area contributed by atoms with Crippen molar-refractivity contribution in [2.45, 2.75) is 37.3 Å². The molecule has 2 N–H and O–H groups in total. The summed E-state index contributed by atoms with van der Waals surface area (Å²) in [6.07, 6.45) is -10.3. The van der Waals surface area contributed by atoms with Crippen LogP contribution in [0.2, 0.25) is 10.0 Å². The summed E-state index contributed by atoms with van der Waals surface area (Å²) in [5.74, 6) is -1.20. The third-order valence-electron chi connectivity index (χ3n) is 7.16. The van der Waals surface area contributed by atoms with Crippen molar-refractivity contribution >= 4 is 35.0 Å². The Balaban J connectivity index is 1.64. The summed E-state index contributed by atoms with van der Waals surface area (Å²) < 4.78 is 80.3. The van der Waals surface area contributed by atoms with Gasteiger partial charge in [0.05, 0.1) is 45.9 Å². The van der Waals surface area contributed by atoms with Gasteiger partial charge in [0.25, 0.3) is 0 Å². The van der Waals surface area contributed by atoms with Crippen molar-refractivity contribution in [2.24, 2.45) is 5.73 Å². The van der Waals surface area contributed by atoms with E-state index in [9.17, 15) is 35.9 Å². The Morgan fingerprint density at radius 1 is 1.00 bits per heavy atom. The molecule has 0 unspecified atom stereocenters. The van der Waals surface area contributed by atoms with Gasteiger partial charge in [0.1, 0.15) is 0 Å². The summed E-state index contributed by atoms with van der Waals surface area (Å²) in [5.41, 5.74) is 1.82. The maximum atomic E-state index is 13.7. The van der Waals surface area contributed by atoms with E-state index in [2.05, 4.69) is 9.88 Å². The van der Waals surface area contributed by atoms with Gasteiger partial charge in [-0.2, -0.15) is 26.3 Å². The minimum absolute atomic E-state index is 0.0285. The van der Waals surface area contributed by atoms with E-state index in [1.54, 1.807) is 18.2 Å². The van der Waals surface area contributed by atoms with E-state index < -0.39 is 53.5 Å². The molecule has 0 aliphatic carbocycles. The quantitative estimate of drug-likeness (QED) is 0.489. The summed E-state index contributed by atoms with van der Waals surface area (Å²) in [6, 6.07) is 3.89. The highest BCUT2D eigenvalue weighted by Gasteiger charge is 2.44. The molecule has 2 aliphatic heterocycles. The van der Waals surface area contributed by atoms with Crippen molar-refractivity contribution in [1.29, 1.82) is 0 Å². The number of nitrogens with two attached hydrogens (primary N) is 1. The van der Waals surface area contributed by atoms with E-state index in [0.29, 0.717) is 44.4 Å². The van der Waals surface area contributed by atoms with Crippen molar-refractivity contribution in [1.82, 2.24) is 19.7 Å². The summed E-state index contributed by atoms with van der Waals surface area (Å²) in [7, 11) is 0. The van der Waals surface area contributed by atoms with Crippen molar-refractivity contribution in [2.75, 3.05) is 39.3 Å². The van der Waals surface area contributed by atoms with Gasteiger partial charge in [-0.05, 0) is 24.1 Å². The Morgan fingerprint density at radius 2 is 1.68 bits per heavy atom. The molecule has 0 bridgehead atoms. The van der Waals surface area contributed by atoms with E-state index in [1.807, 2.05) is 4.90 Å². The number of hydrogen-bond donors (Lipinski definition) is 1. The lowest BCUT2D eigenvalue weighted by Crippen LogP contribution is -2.53. The maximum Gasteiger partial charge on any atom is 0.418 e. The van der Waals surface area contributed by atoms with Crippen molar-refractivity contribution in [3.05, 3.63) is 62.9 Å². The first-order chi connectivity index (χ1) is 18.7. The van der Waals surface area contributed by atoms with Crippen LogP contribution in [0, 0.1) is 0 Å². The predicted molar refractivity (Wildman–Crippen MR) is 134 cm³/mol. The standard InChI is InChI=1S/C25H25Cl2F6N5O2/c26-17-3-1-2-15(22(17)27)23-19(37-8-6-36(7-9-37)13-20(34)39)4-5-38(23)21(40)11-18-16(25(31,32)33)10-14(12-35-18)24(28,29)30/h1-3,10,12,19,23H,4-9,11,13H2,(H2,34,39)/t19-,23-/m0/s1. The third-order valence-corrected chi connectivity index (χ3v) is 8.00. The van der Waals surface area contributed by atoms with E-state index in [0.717, 1.165) is 0 Å². The fourth-order valence-electron chi connectivity index (χ4n) is 5.31. The largest absolute Gasteiger partial charge is 0.418 e. The Labute approximate surface area is 235 Å². The number of nitrogens with zero attached hydrogens (tertiary/aromatic N) is 4. The Bertz CT molecular complexity index is 1270. The number of piperazine rings is 1. The molecule has 2 atom stereocenters. The van der Waals surface area contributed by atoms with E-state index in [1.165, 1.54) is 4.90 Å². The smallest absolute Gasteiger partial charge is 0.369 e. The van der Waals surface area contributed by atoms with Crippen LogP contribution < -0.4 is 5.73 Å². The number of pyridine rings is 1. The van der Waals surface area contributed by atoms with Gasteiger partial charge in [-0.15, -0.1) is 0 Å². The number of carbonyl (C=O) groups is 2. The summed E-state index contributed by atoms with van der Waals surface area (Å²) in [4.78, 5) is 33.6. The minimum Gasteiger partial charge on any atom is -0.369 e. The van der Waals surface area contributed by atoms with Gasteiger partial charge in [-0.3, -0.25) is 24.4 Å². The molecule has 2 fully saturated rings. The SMILES string of the molecule is NC(=O)CN1CCN([C@H]2CCN(C(=O)Cc3ncc(C(F)(F)F)cc3C(F)(F)F)[C@H]2c2cccc(Cl)c2Cl)CC1. The van der Waals surface area contributed by atoms with Crippen LogP contribution in [0.3, 0.4) is 0 Å². The number of primary amides is 1. The van der Waals surface area contributed by atoms with Gasteiger partial charge < -0.3 is 10.6 Å². The summed E-state index contributed by atoms with van der Waals surface area (Å²) in [5, 5.41) is 0.419. The molecule has 0 radical (unpaired) electrons. The minimum atomic E-state index is -5.16. The number of carbonyl (C=O) groups excluding carboxylic acids is 2. The van der Waals surface area contributed by atoms with Crippen LogP contribution >= 0.6 is 23.2 Å². The molecule has 4 rings (SSSR count). The highest BCUT2D eigenvalue weighted by molar-refractivity contribution is 6.42. The number of hydrogen-bond acceptors (Lipinski definition) is 5. The molecule has 218 valence electrons.